The van der Waals surface area contributed by atoms with Gasteiger partial charge in [-0.3, -0.25) is 14.4 Å². The van der Waals surface area contributed by atoms with Crippen LogP contribution in [0.5, 0.6) is 0 Å². The number of para-hydroxylation sites is 1. The molecule has 2 heterocycles. The van der Waals surface area contributed by atoms with Crippen LogP contribution in [0.1, 0.15) is 41.3 Å². The summed E-state index contributed by atoms with van der Waals surface area (Å²) >= 11 is 0. The van der Waals surface area contributed by atoms with Gasteiger partial charge in [-0.15, -0.1) is 0 Å². The van der Waals surface area contributed by atoms with Gasteiger partial charge in [-0.1, -0.05) is 32.0 Å². The Morgan fingerprint density at radius 1 is 1.17 bits per heavy atom. The molecule has 2 aliphatic heterocycles. The van der Waals surface area contributed by atoms with Gasteiger partial charge in [0, 0.05) is 25.3 Å². The van der Waals surface area contributed by atoms with Crippen molar-refractivity contribution in [1.82, 2.24) is 10.2 Å². The molecular weight excluding hydrogens is 368 g/mol. The number of hydrogen-bond donors (Lipinski definition) is 2. The average Bonchev–Trinajstić information content (AvgIpc) is 3.01. The molecule has 7 nitrogen and oxygen atoms in total. The van der Waals surface area contributed by atoms with Crippen molar-refractivity contribution < 1.29 is 14.4 Å². The minimum Gasteiger partial charge on any atom is -0.358 e. The van der Waals surface area contributed by atoms with Crippen molar-refractivity contribution in [2.24, 2.45) is 0 Å². The van der Waals surface area contributed by atoms with Gasteiger partial charge in [-0.2, -0.15) is 0 Å². The Hall–Kier alpha value is -3.35. The number of carbonyl (C=O) groups excluding carboxylic acids is 3. The number of nitrogens with zero attached hydrogens (tertiary/aromatic N) is 2. The molecule has 0 fully saturated rings. The molecular formula is C22H24N4O3. The van der Waals surface area contributed by atoms with Crippen LogP contribution in [0.2, 0.25) is 0 Å². The molecule has 4 rings (SSSR count). The van der Waals surface area contributed by atoms with Crippen LogP contribution in [0.25, 0.3) is 0 Å². The SMILES string of the molecule is CNC(=O)CN1c2ccccc2C(=O)N(C)C12C(=O)Nc1ccc(C(C)C)cc12. The maximum Gasteiger partial charge on any atom is 0.276 e. The summed E-state index contributed by atoms with van der Waals surface area (Å²) < 4.78 is 0. The van der Waals surface area contributed by atoms with Gasteiger partial charge >= 0.3 is 0 Å². The van der Waals surface area contributed by atoms with Crippen LogP contribution >= 0.6 is 0 Å². The summed E-state index contributed by atoms with van der Waals surface area (Å²) in [6, 6.07) is 12.9. The van der Waals surface area contributed by atoms with E-state index in [0.29, 0.717) is 22.5 Å². The molecule has 0 radical (unpaired) electrons. The molecule has 2 aliphatic rings. The molecule has 0 saturated carbocycles. The molecule has 2 aromatic rings. The van der Waals surface area contributed by atoms with E-state index in [4.69, 9.17) is 0 Å². The first-order valence-electron chi connectivity index (χ1n) is 9.63. The van der Waals surface area contributed by atoms with Crippen molar-refractivity contribution in [2.75, 3.05) is 30.9 Å². The van der Waals surface area contributed by atoms with Crippen molar-refractivity contribution in [2.45, 2.75) is 25.4 Å². The molecule has 2 N–H and O–H groups in total. The zero-order valence-electron chi connectivity index (χ0n) is 16.9. The molecule has 0 bridgehead atoms. The topological polar surface area (TPSA) is 81.8 Å². The Kier molecular flexibility index (Phi) is 4.33. The Labute approximate surface area is 169 Å². The van der Waals surface area contributed by atoms with Gasteiger partial charge in [0.15, 0.2) is 0 Å². The third kappa shape index (κ3) is 2.53. The summed E-state index contributed by atoms with van der Waals surface area (Å²) in [6.07, 6.45) is 0. The smallest absolute Gasteiger partial charge is 0.276 e. The van der Waals surface area contributed by atoms with Gasteiger partial charge in [0.1, 0.15) is 0 Å². The highest BCUT2D eigenvalue weighted by Gasteiger charge is 2.59. The third-order valence-electron chi connectivity index (χ3n) is 5.84. The highest BCUT2D eigenvalue weighted by atomic mass is 16.2. The van der Waals surface area contributed by atoms with E-state index >= 15 is 0 Å². The second-order valence-corrected chi connectivity index (χ2v) is 7.73. The fraction of sp³-hybridized carbons (Fsp3) is 0.318. The van der Waals surface area contributed by atoms with E-state index in [-0.39, 0.29) is 30.2 Å². The number of fused-ring (bicyclic) bond motifs is 3. The van der Waals surface area contributed by atoms with Gasteiger partial charge in [-0.05, 0) is 35.7 Å². The maximum absolute atomic E-state index is 13.5. The van der Waals surface area contributed by atoms with Crippen molar-refractivity contribution in [3.05, 3.63) is 59.2 Å². The lowest BCUT2D eigenvalue weighted by Crippen LogP contribution is -2.66. The normalized spacial score (nSPS) is 20.0. The highest BCUT2D eigenvalue weighted by Crippen LogP contribution is 2.49. The second-order valence-electron chi connectivity index (χ2n) is 7.73. The number of hydrogen-bond acceptors (Lipinski definition) is 4. The minimum atomic E-state index is -1.43. The number of benzene rings is 2. The number of nitrogens with one attached hydrogen (secondary N) is 2. The van der Waals surface area contributed by atoms with Gasteiger partial charge in [0.2, 0.25) is 11.6 Å². The van der Waals surface area contributed by atoms with Crippen LogP contribution < -0.4 is 15.5 Å². The maximum atomic E-state index is 13.5. The van der Waals surface area contributed by atoms with Crippen molar-refractivity contribution in [3.8, 4) is 0 Å². The first-order valence-corrected chi connectivity index (χ1v) is 9.63. The second kappa shape index (κ2) is 6.62. The van der Waals surface area contributed by atoms with Gasteiger partial charge < -0.3 is 20.4 Å². The summed E-state index contributed by atoms with van der Waals surface area (Å²) in [5, 5.41) is 5.55. The van der Waals surface area contributed by atoms with E-state index in [1.807, 2.05) is 18.2 Å². The van der Waals surface area contributed by atoms with E-state index in [2.05, 4.69) is 24.5 Å². The van der Waals surface area contributed by atoms with E-state index in [0.717, 1.165) is 5.56 Å². The summed E-state index contributed by atoms with van der Waals surface area (Å²) in [5.74, 6) is -0.602. The molecule has 2 aromatic carbocycles. The van der Waals surface area contributed by atoms with E-state index in [1.165, 1.54) is 4.90 Å². The molecule has 7 heteroatoms. The number of rotatable bonds is 3. The first-order chi connectivity index (χ1) is 13.8. The minimum absolute atomic E-state index is 0.0656. The van der Waals surface area contributed by atoms with E-state index < -0.39 is 5.66 Å². The number of amides is 3. The fourth-order valence-corrected chi connectivity index (χ4v) is 4.25. The lowest BCUT2D eigenvalue weighted by molar-refractivity contribution is -0.126. The van der Waals surface area contributed by atoms with E-state index in [9.17, 15) is 14.4 Å². The van der Waals surface area contributed by atoms with Crippen molar-refractivity contribution in [1.29, 1.82) is 0 Å². The standard InChI is InChI=1S/C22H24N4O3/c1-13(2)14-9-10-17-16(11-14)22(21(29)24-17)25(4)20(28)15-7-5-6-8-18(15)26(22)12-19(27)23-3/h5-11,13H,12H2,1-4H3,(H,23,27)(H,24,29). The molecule has 3 amide bonds. The summed E-state index contributed by atoms with van der Waals surface area (Å²) in [4.78, 5) is 42.3. The van der Waals surface area contributed by atoms with Crippen LogP contribution in [0.3, 0.4) is 0 Å². The molecule has 0 saturated heterocycles. The molecule has 1 spiro atoms. The largest absolute Gasteiger partial charge is 0.358 e. The zero-order chi connectivity index (χ0) is 20.9. The van der Waals surface area contributed by atoms with Crippen molar-refractivity contribution in [3.63, 3.8) is 0 Å². The lowest BCUT2D eigenvalue weighted by atomic mass is 9.88. The summed E-state index contributed by atoms with van der Waals surface area (Å²) in [6.45, 7) is 4.09. The molecule has 1 unspecified atom stereocenters. The first kappa shape index (κ1) is 19.0. The molecule has 150 valence electrons. The predicted octanol–water partition coefficient (Wildman–Crippen LogP) is 2.25. The monoisotopic (exact) mass is 392 g/mol. The number of likely N-dealkylation sites (N-methyl/N-ethyl adjacent to an activating group) is 2. The molecule has 29 heavy (non-hydrogen) atoms. The lowest BCUT2D eigenvalue weighted by Gasteiger charge is -2.50. The number of carbonyl (C=O) groups is 3. The number of anilines is 2. The highest BCUT2D eigenvalue weighted by molar-refractivity contribution is 6.15. The zero-order valence-corrected chi connectivity index (χ0v) is 16.9. The van der Waals surface area contributed by atoms with Crippen LogP contribution in [-0.4, -0.2) is 43.3 Å². The third-order valence-corrected chi connectivity index (χ3v) is 5.84. The summed E-state index contributed by atoms with van der Waals surface area (Å²) in [5.41, 5.74) is 1.99. The van der Waals surface area contributed by atoms with Gasteiger partial charge in [0.05, 0.1) is 17.8 Å². The summed E-state index contributed by atoms with van der Waals surface area (Å²) in [7, 11) is 3.17. The molecule has 0 aromatic heterocycles. The fourth-order valence-electron chi connectivity index (χ4n) is 4.25. The van der Waals surface area contributed by atoms with Gasteiger partial charge in [0.25, 0.3) is 11.8 Å². The molecule has 1 atom stereocenters. The average molecular weight is 392 g/mol. The Bertz CT molecular complexity index is 1030. The van der Waals surface area contributed by atoms with Crippen LogP contribution in [0.15, 0.2) is 42.5 Å². The Morgan fingerprint density at radius 3 is 2.59 bits per heavy atom. The van der Waals surface area contributed by atoms with Crippen LogP contribution in [0.4, 0.5) is 11.4 Å². The quantitative estimate of drug-likeness (QED) is 0.840. The van der Waals surface area contributed by atoms with Crippen LogP contribution in [-0.2, 0) is 15.3 Å². The predicted molar refractivity (Wildman–Crippen MR) is 111 cm³/mol. The Balaban J connectivity index is 2.02. The van der Waals surface area contributed by atoms with Crippen molar-refractivity contribution >= 4 is 29.1 Å². The van der Waals surface area contributed by atoms with Gasteiger partial charge in [-0.25, -0.2) is 0 Å². The van der Waals surface area contributed by atoms with E-state index in [1.54, 1.807) is 43.3 Å². The van der Waals surface area contributed by atoms with Crippen LogP contribution in [0, 0.1) is 0 Å². The molecule has 0 aliphatic carbocycles. The Morgan fingerprint density at radius 2 is 1.90 bits per heavy atom.